The van der Waals surface area contributed by atoms with Crippen molar-refractivity contribution in [2.24, 2.45) is 0 Å². The van der Waals surface area contributed by atoms with Gasteiger partial charge < -0.3 is 19.7 Å². The number of nitrogens with one attached hydrogen (secondary N) is 1. The van der Waals surface area contributed by atoms with Crippen LogP contribution in [0, 0.1) is 0 Å². The van der Waals surface area contributed by atoms with Gasteiger partial charge in [0.25, 0.3) is 0 Å². The number of nitrogens with zero attached hydrogens (tertiary/aromatic N) is 4. The number of hydrogen-bond donors (Lipinski definition) is 1. The molecule has 1 atom stereocenters. The number of methoxy groups -OCH3 is 2. The second-order valence-electron chi connectivity index (χ2n) is 6.08. The molecular weight excluding hydrogens is 318 g/mol. The monoisotopic (exact) mass is 343 g/mol. The molecule has 2 aromatic rings. The van der Waals surface area contributed by atoms with Crippen LogP contribution in [0.4, 0.5) is 17.5 Å². The predicted octanol–water partition coefficient (Wildman–Crippen LogP) is 3.40. The van der Waals surface area contributed by atoms with Crippen LogP contribution in [-0.4, -0.2) is 42.0 Å². The molecule has 25 heavy (non-hydrogen) atoms. The fourth-order valence-corrected chi connectivity index (χ4v) is 3.25. The lowest BCUT2D eigenvalue weighted by molar-refractivity contribution is 0.404. The Morgan fingerprint density at radius 1 is 1.24 bits per heavy atom. The Balaban J connectivity index is 1.85. The van der Waals surface area contributed by atoms with E-state index in [1.165, 1.54) is 19.3 Å². The molecule has 3 rings (SSSR count). The topological polar surface area (TPSA) is 72.4 Å². The van der Waals surface area contributed by atoms with E-state index in [1.54, 1.807) is 20.4 Å². The van der Waals surface area contributed by atoms with Gasteiger partial charge in [-0.15, -0.1) is 5.10 Å². The maximum atomic E-state index is 5.39. The molecular formula is C18H25N5O2. The van der Waals surface area contributed by atoms with E-state index in [0.717, 1.165) is 30.2 Å². The van der Waals surface area contributed by atoms with Crippen molar-refractivity contribution < 1.29 is 9.47 Å². The summed E-state index contributed by atoms with van der Waals surface area (Å²) in [6.45, 7) is 3.23. The Bertz CT molecular complexity index is 710. The number of benzene rings is 1. The molecule has 0 spiro atoms. The van der Waals surface area contributed by atoms with Gasteiger partial charge in [-0.1, -0.05) is 6.92 Å². The maximum Gasteiger partial charge on any atom is 0.249 e. The number of rotatable bonds is 6. The van der Waals surface area contributed by atoms with Crippen LogP contribution >= 0.6 is 0 Å². The van der Waals surface area contributed by atoms with Crippen molar-refractivity contribution in [1.82, 2.24) is 15.2 Å². The lowest BCUT2D eigenvalue weighted by Crippen LogP contribution is -2.39. The van der Waals surface area contributed by atoms with Gasteiger partial charge in [-0.3, -0.25) is 0 Å². The predicted molar refractivity (Wildman–Crippen MR) is 97.9 cm³/mol. The van der Waals surface area contributed by atoms with E-state index in [-0.39, 0.29) is 0 Å². The Morgan fingerprint density at radius 2 is 2.12 bits per heavy atom. The van der Waals surface area contributed by atoms with Crippen molar-refractivity contribution in [3.05, 3.63) is 24.4 Å². The van der Waals surface area contributed by atoms with Gasteiger partial charge in [0.2, 0.25) is 5.95 Å². The zero-order valence-corrected chi connectivity index (χ0v) is 15.0. The summed E-state index contributed by atoms with van der Waals surface area (Å²) in [6, 6.07) is 6.06. The number of piperidine rings is 1. The summed E-state index contributed by atoms with van der Waals surface area (Å²) in [5.41, 5.74) is 0.742. The van der Waals surface area contributed by atoms with E-state index in [1.807, 2.05) is 18.2 Å². The third-order valence-electron chi connectivity index (χ3n) is 4.59. The van der Waals surface area contributed by atoms with Gasteiger partial charge in [0, 0.05) is 18.7 Å². The lowest BCUT2D eigenvalue weighted by atomic mass is 10.0. The zero-order valence-electron chi connectivity index (χ0n) is 15.0. The van der Waals surface area contributed by atoms with Crippen molar-refractivity contribution in [2.75, 3.05) is 31.0 Å². The summed E-state index contributed by atoms with van der Waals surface area (Å²) >= 11 is 0. The highest BCUT2D eigenvalue weighted by Gasteiger charge is 2.22. The number of ether oxygens (including phenoxy) is 2. The van der Waals surface area contributed by atoms with Gasteiger partial charge in [0.15, 0.2) is 5.82 Å². The molecule has 1 saturated heterocycles. The number of aromatic nitrogens is 3. The highest BCUT2D eigenvalue weighted by molar-refractivity contribution is 5.65. The first-order valence-corrected chi connectivity index (χ1v) is 8.70. The summed E-state index contributed by atoms with van der Waals surface area (Å²) in [5.74, 6) is 2.74. The SMILES string of the molecule is CCC1CCCCN1c1cnnc(Nc2cc(OC)ccc2OC)n1. The molecule has 2 heterocycles. The molecule has 1 aliphatic rings. The molecule has 134 valence electrons. The van der Waals surface area contributed by atoms with E-state index >= 15 is 0 Å². The second-order valence-corrected chi connectivity index (χ2v) is 6.08. The highest BCUT2D eigenvalue weighted by Crippen LogP contribution is 2.31. The van der Waals surface area contributed by atoms with Gasteiger partial charge in [-0.25, -0.2) is 0 Å². The van der Waals surface area contributed by atoms with E-state index in [9.17, 15) is 0 Å². The molecule has 1 aromatic carbocycles. The minimum atomic E-state index is 0.449. The molecule has 1 aliphatic heterocycles. The third-order valence-corrected chi connectivity index (χ3v) is 4.59. The minimum Gasteiger partial charge on any atom is -0.497 e. The van der Waals surface area contributed by atoms with Crippen molar-refractivity contribution in [1.29, 1.82) is 0 Å². The van der Waals surface area contributed by atoms with Crippen LogP contribution < -0.4 is 19.7 Å². The largest absolute Gasteiger partial charge is 0.497 e. The van der Waals surface area contributed by atoms with Gasteiger partial charge in [-0.05, 0) is 37.8 Å². The quantitative estimate of drug-likeness (QED) is 0.861. The molecule has 7 nitrogen and oxygen atoms in total. The summed E-state index contributed by atoms with van der Waals surface area (Å²) in [7, 11) is 3.26. The van der Waals surface area contributed by atoms with Crippen molar-refractivity contribution in [3.63, 3.8) is 0 Å². The number of hydrogen-bond acceptors (Lipinski definition) is 7. The van der Waals surface area contributed by atoms with Crippen LogP contribution in [0.1, 0.15) is 32.6 Å². The normalized spacial score (nSPS) is 17.2. The van der Waals surface area contributed by atoms with Crippen LogP contribution in [0.2, 0.25) is 0 Å². The van der Waals surface area contributed by atoms with Crippen molar-refractivity contribution in [3.8, 4) is 11.5 Å². The molecule has 0 saturated carbocycles. The fraction of sp³-hybridized carbons (Fsp3) is 0.500. The van der Waals surface area contributed by atoms with Gasteiger partial charge in [0.1, 0.15) is 11.5 Å². The number of anilines is 3. The van der Waals surface area contributed by atoms with Crippen LogP contribution in [0.3, 0.4) is 0 Å². The first-order valence-electron chi connectivity index (χ1n) is 8.70. The Hall–Kier alpha value is -2.57. The van der Waals surface area contributed by atoms with Crippen LogP contribution in [-0.2, 0) is 0 Å². The summed E-state index contributed by atoms with van der Waals surface area (Å²) in [4.78, 5) is 7.01. The van der Waals surface area contributed by atoms with Gasteiger partial charge in [-0.2, -0.15) is 10.1 Å². The third kappa shape index (κ3) is 3.92. The average molecular weight is 343 g/mol. The average Bonchev–Trinajstić information content (AvgIpc) is 2.68. The summed E-state index contributed by atoms with van der Waals surface area (Å²) in [5, 5.41) is 11.4. The van der Waals surface area contributed by atoms with Crippen LogP contribution in [0.5, 0.6) is 11.5 Å². The van der Waals surface area contributed by atoms with E-state index in [2.05, 4.69) is 32.3 Å². The molecule has 0 aliphatic carbocycles. The first-order chi connectivity index (χ1) is 12.2. The standard InChI is InChI=1S/C18H25N5O2/c1-4-13-7-5-6-10-23(13)17-12-19-22-18(21-17)20-15-11-14(24-2)8-9-16(15)25-3/h8-9,11-13H,4-7,10H2,1-3H3,(H,20,21,22). The molecule has 7 heteroatoms. The second kappa shape index (κ2) is 8.00. The molecule has 0 radical (unpaired) electrons. The maximum absolute atomic E-state index is 5.39. The fourth-order valence-electron chi connectivity index (χ4n) is 3.25. The van der Waals surface area contributed by atoms with Crippen molar-refractivity contribution in [2.45, 2.75) is 38.6 Å². The van der Waals surface area contributed by atoms with Gasteiger partial charge in [0.05, 0.1) is 26.1 Å². The first kappa shape index (κ1) is 17.3. The van der Waals surface area contributed by atoms with Crippen LogP contribution in [0.15, 0.2) is 24.4 Å². The van der Waals surface area contributed by atoms with E-state index in [0.29, 0.717) is 17.7 Å². The molecule has 1 fully saturated rings. The van der Waals surface area contributed by atoms with Crippen molar-refractivity contribution >= 4 is 17.5 Å². The Labute approximate surface area is 148 Å². The van der Waals surface area contributed by atoms with E-state index in [4.69, 9.17) is 9.47 Å². The molecule has 0 amide bonds. The molecule has 1 unspecified atom stereocenters. The lowest BCUT2D eigenvalue weighted by Gasteiger charge is -2.35. The Kier molecular flexibility index (Phi) is 5.53. The summed E-state index contributed by atoms with van der Waals surface area (Å²) in [6.07, 6.45) is 6.51. The summed E-state index contributed by atoms with van der Waals surface area (Å²) < 4.78 is 10.7. The van der Waals surface area contributed by atoms with Gasteiger partial charge >= 0.3 is 0 Å². The molecule has 0 bridgehead atoms. The van der Waals surface area contributed by atoms with E-state index < -0.39 is 0 Å². The molecule has 1 aromatic heterocycles. The van der Waals surface area contributed by atoms with Crippen LogP contribution in [0.25, 0.3) is 0 Å². The Morgan fingerprint density at radius 3 is 2.88 bits per heavy atom. The smallest absolute Gasteiger partial charge is 0.249 e. The zero-order chi connectivity index (χ0) is 17.6. The highest BCUT2D eigenvalue weighted by atomic mass is 16.5. The molecule has 1 N–H and O–H groups in total. The minimum absolute atomic E-state index is 0.449.